The van der Waals surface area contributed by atoms with Gasteiger partial charge < -0.3 is 4.74 Å². The Balaban J connectivity index is 1.55. The van der Waals surface area contributed by atoms with E-state index in [4.69, 9.17) is 21.3 Å². The lowest BCUT2D eigenvalue weighted by atomic mass is 10.2. The van der Waals surface area contributed by atoms with Crippen LogP contribution >= 0.6 is 22.9 Å². The maximum Gasteiger partial charge on any atom is 0.124 e. The van der Waals surface area contributed by atoms with Gasteiger partial charge in [-0.05, 0) is 37.1 Å². The summed E-state index contributed by atoms with van der Waals surface area (Å²) in [7, 11) is 0. The van der Waals surface area contributed by atoms with Crippen LogP contribution in [0.15, 0.2) is 48.0 Å². The van der Waals surface area contributed by atoms with Gasteiger partial charge in [-0.3, -0.25) is 4.98 Å². The molecule has 0 spiro atoms. The molecule has 5 heteroatoms. The standard InChI is InChI=1S/C18H15ClN2OS/c19-14-3-1-12(2-4-14)17-11-23-18(21-17)13-7-8-20-15(9-13)10-22-16-5-6-16/h1-4,7-9,11,16H,5-6,10H2. The summed E-state index contributed by atoms with van der Waals surface area (Å²) in [5, 5.41) is 3.79. The van der Waals surface area contributed by atoms with Gasteiger partial charge in [-0.25, -0.2) is 4.98 Å². The first-order valence-corrected chi connectivity index (χ1v) is 8.82. The Bertz CT molecular complexity index is 812. The number of halogens is 1. The second kappa shape index (κ2) is 6.40. The number of hydrogen-bond acceptors (Lipinski definition) is 4. The van der Waals surface area contributed by atoms with E-state index in [0.717, 1.165) is 32.5 Å². The second-order valence-electron chi connectivity index (χ2n) is 5.59. The van der Waals surface area contributed by atoms with Crippen LogP contribution < -0.4 is 0 Å². The summed E-state index contributed by atoms with van der Waals surface area (Å²) in [6.45, 7) is 0.577. The number of rotatable bonds is 5. The van der Waals surface area contributed by atoms with Crippen LogP contribution in [0.25, 0.3) is 21.8 Å². The molecule has 116 valence electrons. The Morgan fingerprint density at radius 2 is 1.96 bits per heavy atom. The van der Waals surface area contributed by atoms with E-state index in [2.05, 4.69) is 16.4 Å². The van der Waals surface area contributed by atoms with Crippen LogP contribution in [-0.2, 0) is 11.3 Å². The minimum absolute atomic E-state index is 0.442. The summed E-state index contributed by atoms with van der Waals surface area (Å²) in [5.74, 6) is 0. The first-order valence-electron chi connectivity index (χ1n) is 7.56. The molecule has 0 radical (unpaired) electrons. The quantitative estimate of drug-likeness (QED) is 0.638. The van der Waals surface area contributed by atoms with Crippen molar-refractivity contribution in [1.29, 1.82) is 0 Å². The minimum Gasteiger partial charge on any atom is -0.372 e. The van der Waals surface area contributed by atoms with Gasteiger partial charge in [0.25, 0.3) is 0 Å². The average Bonchev–Trinajstić information content (AvgIpc) is 3.28. The number of benzene rings is 1. The van der Waals surface area contributed by atoms with Crippen molar-refractivity contribution in [2.45, 2.75) is 25.6 Å². The Hall–Kier alpha value is -1.75. The zero-order valence-electron chi connectivity index (χ0n) is 12.4. The van der Waals surface area contributed by atoms with Crippen molar-refractivity contribution in [2.75, 3.05) is 0 Å². The van der Waals surface area contributed by atoms with Crippen LogP contribution in [0.3, 0.4) is 0 Å². The Morgan fingerprint density at radius 3 is 2.74 bits per heavy atom. The third-order valence-electron chi connectivity index (χ3n) is 3.70. The fourth-order valence-electron chi connectivity index (χ4n) is 2.29. The smallest absolute Gasteiger partial charge is 0.124 e. The van der Waals surface area contributed by atoms with Crippen LogP contribution in [0.4, 0.5) is 0 Å². The number of hydrogen-bond donors (Lipinski definition) is 0. The van der Waals surface area contributed by atoms with E-state index in [9.17, 15) is 0 Å². The van der Waals surface area contributed by atoms with Crippen molar-refractivity contribution in [3.8, 4) is 21.8 Å². The average molecular weight is 343 g/mol. The highest BCUT2D eigenvalue weighted by atomic mass is 35.5. The van der Waals surface area contributed by atoms with E-state index >= 15 is 0 Å². The molecule has 1 saturated carbocycles. The van der Waals surface area contributed by atoms with Gasteiger partial charge in [0, 0.05) is 27.7 Å². The predicted octanol–water partition coefficient (Wildman–Crippen LogP) is 5.20. The normalized spacial score (nSPS) is 14.1. The maximum atomic E-state index is 5.94. The fraction of sp³-hybridized carbons (Fsp3) is 0.222. The molecule has 0 saturated heterocycles. The Morgan fingerprint density at radius 1 is 1.13 bits per heavy atom. The van der Waals surface area contributed by atoms with Crippen molar-refractivity contribution in [1.82, 2.24) is 9.97 Å². The highest BCUT2D eigenvalue weighted by Crippen LogP contribution is 2.30. The topological polar surface area (TPSA) is 35.0 Å². The van der Waals surface area contributed by atoms with Crippen molar-refractivity contribution in [2.24, 2.45) is 0 Å². The summed E-state index contributed by atoms with van der Waals surface area (Å²) < 4.78 is 5.72. The molecule has 2 heterocycles. The van der Waals surface area contributed by atoms with Gasteiger partial charge in [0.15, 0.2) is 0 Å². The SMILES string of the molecule is Clc1ccc(-c2csc(-c3ccnc(COC4CC4)c3)n2)cc1. The lowest BCUT2D eigenvalue weighted by Gasteiger charge is -2.03. The van der Waals surface area contributed by atoms with Gasteiger partial charge >= 0.3 is 0 Å². The molecule has 1 aromatic carbocycles. The molecule has 1 aliphatic rings. The van der Waals surface area contributed by atoms with Crippen molar-refractivity contribution < 1.29 is 4.74 Å². The first kappa shape index (κ1) is 14.8. The monoisotopic (exact) mass is 342 g/mol. The van der Waals surface area contributed by atoms with Gasteiger partial charge in [-0.15, -0.1) is 11.3 Å². The lowest BCUT2D eigenvalue weighted by Crippen LogP contribution is -1.97. The summed E-state index contributed by atoms with van der Waals surface area (Å²) in [5.41, 5.74) is 4.08. The molecule has 0 aliphatic heterocycles. The number of thiazole rings is 1. The van der Waals surface area contributed by atoms with Crippen LogP contribution in [0, 0.1) is 0 Å². The van der Waals surface area contributed by atoms with E-state index in [-0.39, 0.29) is 0 Å². The van der Waals surface area contributed by atoms with Gasteiger partial charge in [0.05, 0.1) is 24.1 Å². The molecule has 4 rings (SSSR count). The molecule has 0 atom stereocenters. The zero-order chi connectivity index (χ0) is 15.6. The van der Waals surface area contributed by atoms with Gasteiger partial charge in [0.2, 0.25) is 0 Å². The molecular weight excluding hydrogens is 328 g/mol. The largest absolute Gasteiger partial charge is 0.372 e. The third-order valence-corrected chi connectivity index (χ3v) is 4.84. The summed E-state index contributed by atoms with van der Waals surface area (Å²) in [6, 6.07) is 11.8. The van der Waals surface area contributed by atoms with Crippen molar-refractivity contribution in [3.05, 3.63) is 58.7 Å². The predicted molar refractivity (Wildman–Crippen MR) is 93.6 cm³/mol. The summed E-state index contributed by atoms with van der Waals surface area (Å²) in [6.07, 6.45) is 4.62. The zero-order valence-corrected chi connectivity index (χ0v) is 14.0. The van der Waals surface area contributed by atoms with Gasteiger partial charge in [0.1, 0.15) is 5.01 Å². The molecule has 2 aromatic heterocycles. The van der Waals surface area contributed by atoms with E-state index in [0.29, 0.717) is 12.7 Å². The van der Waals surface area contributed by atoms with Crippen LogP contribution in [-0.4, -0.2) is 16.1 Å². The third kappa shape index (κ3) is 3.61. The molecule has 3 aromatic rings. The van der Waals surface area contributed by atoms with Crippen LogP contribution in [0.2, 0.25) is 5.02 Å². The fourth-order valence-corrected chi connectivity index (χ4v) is 3.24. The highest BCUT2D eigenvalue weighted by molar-refractivity contribution is 7.13. The summed E-state index contributed by atoms with van der Waals surface area (Å²) >= 11 is 7.57. The molecule has 0 amide bonds. The van der Waals surface area contributed by atoms with Crippen LogP contribution in [0.5, 0.6) is 0 Å². The van der Waals surface area contributed by atoms with Crippen molar-refractivity contribution >= 4 is 22.9 Å². The molecule has 1 fully saturated rings. The molecule has 3 nitrogen and oxygen atoms in total. The van der Waals surface area contributed by atoms with E-state index in [1.54, 1.807) is 11.3 Å². The molecule has 23 heavy (non-hydrogen) atoms. The molecule has 0 bridgehead atoms. The second-order valence-corrected chi connectivity index (χ2v) is 6.89. The highest BCUT2D eigenvalue weighted by Gasteiger charge is 2.22. The molecule has 1 aliphatic carbocycles. The first-order chi connectivity index (χ1) is 11.3. The Labute approximate surface area is 143 Å². The number of aromatic nitrogens is 2. The number of nitrogens with zero attached hydrogens (tertiary/aromatic N) is 2. The van der Waals surface area contributed by atoms with Gasteiger partial charge in [-0.2, -0.15) is 0 Å². The molecule has 0 N–H and O–H groups in total. The minimum atomic E-state index is 0.442. The Kier molecular flexibility index (Phi) is 4.12. The van der Waals surface area contributed by atoms with E-state index in [1.807, 2.05) is 36.5 Å². The number of ether oxygens (including phenoxy) is 1. The molecule has 0 unspecified atom stereocenters. The number of pyridine rings is 1. The summed E-state index contributed by atoms with van der Waals surface area (Å²) in [4.78, 5) is 9.11. The van der Waals surface area contributed by atoms with Gasteiger partial charge in [-0.1, -0.05) is 23.7 Å². The lowest BCUT2D eigenvalue weighted by molar-refractivity contribution is 0.103. The maximum absolute atomic E-state index is 5.94. The molecular formula is C18H15ClN2OS. The van der Waals surface area contributed by atoms with Crippen LogP contribution in [0.1, 0.15) is 18.5 Å². The van der Waals surface area contributed by atoms with Crippen molar-refractivity contribution in [3.63, 3.8) is 0 Å². The van der Waals surface area contributed by atoms with E-state index in [1.165, 1.54) is 12.8 Å². The van der Waals surface area contributed by atoms with E-state index < -0.39 is 0 Å².